The Balaban J connectivity index is 1.79. The van der Waals surface area contributed by atoms with Gasteiger partial charge in [0, 0.05) is 29.9 Å². The SMILES string of the molecule is CCn1c(=O)c2ccc(-c3cc(C)nc(C)c3)cc2n2nc(C3CCCC3)cc12. The Bertz CT molecular complexity index is 1270. The van der Waals surface area contributed by atoms with Crippen LogP contribution in [-0.2, 0) is 6.54 Å². The molecule has 0 N–H and O–H groups in total. The van der Waals surface area contributed by atoms with E-state index in [1.165, 1.54) is 25.7 Å². The zero-order chi connectivity index (χ0) is 20.1. The van der Waals surface area contributed by atoms with Crippen LogP contribution in [0.5, 0.6) is 0 Å². The van der Waals surface area contributed by atoms with Crippen LogP contribution in [0.15, 0.2) is 41.2 Å². The first-order valence-corrected chi connectivity index (χ1v) is 10.6. The lowest BCUT2D eigenvalue weighted by molar-refractivity contribution is 0.684. The third-order valence-corrected chi connectivity index (χ3v) is 6.19. The number of fused-ring (bicyclic) bond motifs is 3. The predicted molar refractivity (Wildman–Crippen MR) is 117 cm³/mol. The summed E-state index contributed by atoms with van der Waals surface area (Å²) in [4.78, 5) is 17.7. The van der Waals surface area contributed by atoms with Crippen molar-refractivity contribution in [2.45, 2.75) is 58.9 Å². The minimum absolute atomic E-state index is 0.0570. The summed E-state index contributed by atoms with van der Waals surface area (Å²) in [5.74, 6) is 0.513. The Kier molecular flexibility index (Phi) is 4.26. The second kappa shape index (κ2) is 6.83. The Morgan fingerprint density at radius 3 is 2.41 bits per heavy atom. The maximum absolute atomic E-state index is 13.2. The number of hydrogen-bond acceptors (Lipinski definition) is 3. The number of aromatic nitrogens is 4. The largest absolute Gasteiger partial charge is 0.293 e. The number of benzene rings is 1. The molecule has 1 aliphatic rings. The molecule has 3 heterocycles. The number of aryl methyl sites for hydroxylation is 3. The van der Waals surface area contributed by atoms with Gasteiger partial charge >= 0.3 is 0 Å². The monoisotopic (exact) mass is 386 g/mol. The topological polar surface area (TPSA) is 52.2 Å². The van der Waals surface area contributed by atoms with Crippen LogP contribution in [-0.4, -0.2) is 19.2 Å². The molecule has 1 aliphatic carbocycles. The van der Waals surface area contributed by atoms with Gasteiger partial charge in [-0.3, -0.25) is 14.3 Å². The molecule has 0 radical (unpaired) electrons. The first-order valence-electron chi connectivity index (χ1n) is 10.6. The van der Waals surface area contributed by atoms with Crippen molar-refractivity contribution < 1.29 is 0 Å². The van der Waals surface area contributed by atoms with E-state index in [9.17, 15) is 4.79 Å². The molecule has 0 unspecified atom stereocenters. The van der Waals surface area contributed by atoms with Crippen LogP contribution in [0.25, 0.3) is 27.7 Å². The van der Waals surface area contributed by atoms with Crippen LogP contribution in [0.4, 0.5) is 0 Å². The summed E-state index contributed by atoms with van der Waals surface area (Å²) in [6.07, 6.45) is 4.92. The van der Waals surface area contributed by atoms with E-state index in [1.54, 1.807) is 0 Å². The van der Waals surface area contributed by atoms with Crippen molar-refractivity contribution in [3.63, 3.8) is 0 Å². The van der Waals surface area contributed by atoms with Gasteiger partial charge in [0.25, 0.3) is 5.56 Å². The maximum atomic E-state index is 13.2. The van der Waals surface area contributed by atoms with E-state index in [1.807, 2.05) is 42.0 Å². The van der Waals surface area contributed by atoms with Crippen molar-refractivity contribution in [1.82, 2.24) is 19.2 Å². The quantitative estimate of drug-likeness (QED) is 0.497. The number of hydrogen-bond donors (Lipinski definition) is 0. The molecule has 1 aromatic carbocycles. The van der Waals surface area contributed by atoms with Crippen molar-refractivity contribution in [3.05, 3.63) is 63.8 Å². The van der Waals surface area contributed by atoms with Crippen molar-refractivity contribution in [3.8, 4) is 11.1 Å². The Hall–Kier alpha value is -2.95. The molecule has 4 aromatic rings. The van der Waals surface area contributed by atoms with Gasteiger partial charge in [-0.15, -0.1) is 0 Å². The van der Waals surface area contributed by atoms with E-state index in [0.29, 0.717) is 17.8 Å². The van der Waals surface area contributed by atoms with Gasteiger partial charge in [-0.2, -0.15) is 5.10 Å². The molecule has 5 rings (SSSR count). The third-order valence-electron chi connectivity index (χ3n) is 6.19. The molecule has 29 heavy (non-hydrogen) atoms. The van der Waals surface area contributed by atoms with Gasteiger partial charge in [0.15, 0.2) is 0 Å². The molecule has 0 spiro atoms. The minimum atomic E-state index is 0.0570. The average molecular weight is 386 g/mol. The minimum Gasteiger partial charge on any atom is -0.293 e. The number of pyridine rings is 1. The molecule has 1 saturated carbocycles. The van der Waals surface area contributed by atoms with Crippen LogP contribution in [0, 0.1) is 13.8 Å². The molecule has 1 fully saturated rings. The van der Waals surface area contributed by atoms with Gasteiger partial charge in [0.05, 0.1) is 16.6 Å². The second-order valence-corrected chi connectivity index (χ2v) is 8.24. The van der Waals surface area contributed by atoms with Gasteiger partial charge in [0.1, 0.15) is 5.65 Å². The van der Waals surface area contributed by atoms with Crippen LogP contribution >= 0.6 is 0 Å². The smallest absolute Gasteiger partial charge is 0.261 e. The van der Waals surface area contributed by atoms with Crippen molar-refractivity contribution in [2.75, 3.05) is 0 Å². The highest BCUT2D eigenvalue weighted by Crippen LogP contribution is 2.34. The highest BCUT2D eigenvalue weighted by Gasteiger charge is 2.22. The molecule has 0 saturated heterocycles. The Morgan fingerprint density at radius 1 is 1.00 bits per heavy atom. The molecule has 5 nitrogen and oxygen atoms in total. The van der Waals surface area contributed by atoms with Crippen molar-refractivity contribution in [2.24, 2.45) is 0 Å². The fourth-order valence-corrected chi connectivity index (χ4v) is 4.80. The van der Waals surface area contributed by atoms with Crippen LogP contribution in [0.3, 0.4) is 0 Å². The summed E-state index contributed by atoms with van der Waals surface area (Å²) in [6.45, 7) is 6.68. The summed E-state index contributed by atoms with van der Waals surface area (Å²) in [5, 5.41) is 5.70. The summed E-state index contributed by atoms with van der Waals surface area (Å²) >= 11 is 0. The highest BCUT2D eigenvalue weighted by atomic mass is 16.1. The predicted octanol–water partition coefficient (Wildman–Crippen LogP) is 5.01. The van der Waals surface area contributed by atoms with Crippen LogP contribution in [0.1, 0.15) is 55.6 Å². The summed E-state index contributed by atoms with van der Waals surface area (Å²) in [6, 6.07) is 12.4. The summed E-state index contributed by atoms with van der Waals surface area (Å²) in [5.41, 5.74) is 7.14. The zero-order valence-corrected chi connectivity index (χ0v) is 17.3. The lowest BCUT2D eigenvalue weighted by atomic mass is 10.0. The Labute approximate surface area is 170 Å². The normalized spacial score (nSPS) is 15.0. The fraction of sp³-hybridized carbons (Fsp3) is 0.375. The van der Waals surface area contributed by atoms with Crippen LogP contribution in [0.2, 0.25) is 0 Å². The number of nitrogens with zero attached hydrogens (tertiary/aromatic N) is 4. The first kappa shape index (κ1) is 18.1. The summed E-state index contributed by atoms with van der Waals surface area (Å²) < 4.78 is 3.83. The lowest BCUT2D eigenvalue weighted by Crippen LogP contribution is -2.22. The summed E-state index contributed by atoms with van der Waals surface area (Å²) in [7, 11) is 0. The van der Waals surface area contributed by atoms with Gasteiger partial charge in [-0.1, -0.05) is 18.9 Å². The molecule has 3 aromatic heterocycles. The molecule has 0 bridgehead atoms. The van der Waals surface area contributed by atoms with Crippen molar-refractivity contribution in [1.29, 1.82) is 0 Å². The Morgan fingerprint density at radius 2 is 1.72 bits per heavy atom. The van der Waals surface area contributed by atoms with E-state index in [0.717, 1.165) is 39.4 Å². The molecule has 0 aliphatic heterocycles. The van der Waals surface area contributed by atoms with Crippen molar-refractivity contribution >= 4 is 16.6 Å². The maximum Gasteiger partial charge on any atom is 0.261 e. The van der Waals surface area contributed by atoms with E-state index in [2.05, 4.69) is 29.2 Å². The van der Waals surface area contributed by atoms with Crippen LogP contribution < -0.4 is 5.56 Å². The first-order chi connectivity index (χ1) is 14.0. The molecule has 5 heteroatoms. The second-order valence-electron chi connectivity index (χ2n) is 8.24. The van der Waals surface area contributed by atoms with Gasteiger partial charge in [-0.25, -0.2) is 4.52 Å². The van der Waals surface area contributed by atoms with E-state index >= 15 is 0 Å². The highest BCUT2D eigenvalue weighted by molar-refractivity contribution is 5.85. The molecule has 0 atom stereocenters. The van der Waals surface area contributed by atoms with Gasteiger partial charge in [0.2, 0.25) is 0 Å². The molecular formula is C24H26N4O. The molecular weight excluding hydrogens is 360 g/mol. The third kappa shape index (κ3) is 2.96. The van der Waals surface area contributed by atoms with E-state index < -0.39 is 0 Å². The standard InChI is InChI=1S/C24H26N4O/c1-4-27-23-14-21(17-7-5-6-8-17)26-28(23)22-13-18(9-10-20(22)24(27)29)19-11-15(2)25-16(3)12-19/h9-14,17H,4-8H2,1-3H3. The molecule has 148 valence electrons. The average Bonchev–Trinajstić information content (AvgIpc) is 3.37. The van der Waals surface area contributed by atoms with E-state index in [4.69, 9.17) is 5.10 Å². The lowest BCUT2D eigenvalue weighted by Gasteiger charge is -2.11. The molecule has 0 amide bonds. The van der Waals surface area contributed by atoms with E-state index in [-0.39, 0.29) is 5.56 Å². The van der Waals surface area contributed by atoms with Gasteiger partial charge in [-0.05, 0) is 69.0 Å². The fourth-order valence-electron chi connectivity index (χ4n) is 4.80. The van der Waals surface area contributed by atoms with Gasteiger partial charge < -0.3 is 0 Å². The zero-order valence-electron chi connectivity index (χ0n) is 17.3. The number of rotatable bonds is 3.